The summed E-state index contributed by atoms with van der Waals surface area (Å²) in [6.45, 7) is 5.97. The van der Waals surface area contributed by atoms with Crippen LogP contribution in [-0.4, -0.2) is 51.4 Å². The number of nitrogens with zero attached hydrogens (tertiary/aromatic N) is 2. The van der Waals surface area contributed by atoms with Crippen molar-refractivity contribution in [1.29, 1.82) is 0 Å². The third kappa shape index (κ3) is 12.5. The van der Waals surface area contributed by atoms with Gasteiger partial charge in [-0.2, -0.15) is 0 Å². The van der Waals surface area contributed by atoms with Crippen LogP contribution in [-0.2, 0) is 14.9 Å². The van der Waals surface area contributed by atoms with Gasteiger partial charge in [0.1, 0.15) is 18.1 Å². The number of anilines is 4. The second-order valence-electron chi connectivity index (χ2n) is 10.3. The minimum Gasteiger partial charge on any atom is -0.477 e. The largest absolute Gasteiger partial charge is 0.477 e. The van der Waals surface area contributed by atoms with Gasteiger partial charge in [0.25, 0.3) is 0 Å². The van der Waals surface area contributed by atoms with Crippen LogP contribution in [0.25, 0.3) is 11.3 Å². The number of hydrogen-bond acceptors (Lipinski definition) is 12. The number of amides is 1. The molecule has 3 aromatic heterocycles. The summed E-state index contributed by atoms with van der Waals surface area (Å²) in [6.07, 6.45) is 2.89. The van der Waals surface area contributed by atoms with Crippen molar-refractivity contribution in [3.05, 3.63) is 95.7 Å². The van der Waals surface area contributed by atoms with E-state index in [1.165, 1.54) is 25.7 Å². The summed E-state index contributed by atoms with van der Waals surface area (Å²) in [4.78, 5) is 32.3. The molecule has 15 heteroatoms. The van der Waals surface area contributed by atoms with Gasteiger partial charge in [0.2, 0.25) is 11.7 Å². The molecule has 0 saturated carbocycles. The summed E-state index contributed by atoms with van der Waals surface area (Å²) >= 11 is 0.854. The van der Waals surface area contributed by atoms with Gasteiger partial charge < -0.3 is 46.3 Å². The number of nitrogen functional groups attached to an aromatic ring is 3. The highest BCUT2D eigenvalue weighted by Crippen LogP contribution is 2.24. The van der Waals surface area contributed by atoms with E-state index in [1.54, 1.807) is 60.7 Å². The molecule has 0 saturated heterocycles. The molecular weight excluding hydrogens is 616 g/mol. The van der Waals surface area contributed by atoms with Gasteiger partial charge in [-0.05, 0) is 78.3 Å². The van der Waals surface area contributed by atoms with Gasteiger partial charge in [-0.15, -0.1) is 5.10 Å². The van der Waals surface area contributed by atoms with Crippen molar-refractivity contribution in [2.45, 2.75) is 26.2 Å². The Labute approximate surface area is 268 Å². The lowest BCUT2D eigenvalue weighted by Crippen LogP contribution is -2.16. The zero-order valence-electron chi connectivity index (χ0n) is 25.6. The molecule has 9 N–H and O–H groups in total. The van der Waals surface area contributed by atoms with E-state index in [0.29, 0.717) is 22.7 Å². The highest BCUT2D eigenvalue weighted by molar-refractivity contribution is 7.08. The molecule has 0 atom stereocenters. The Balaban J connectivity index is 0.000000216. The van der Waals surface area contributed by atoms with Crippen LogP contribution in [0.15, 0.2) is 88.1 Å². The smallest absolute Gasteiger partial charge is 0.371 e. The van der Waals surface area contributed by atoms with Crippen LogP contribution in [0.2, 0.25) is 0 Å². The van der Waals surface area contributed by atoms with Crippen molar-refractivity contribution in [3.8, 4) is 11.3 Å². The quantitative estimate of drug-likeness (QED) is 0.125. The number of benzene rings is 2. The first-order valence-corrected chi connectivity index (χ1v) is 14.2. The lowest BCUT2D eigenvalue weighted by atomic mass is 9.94. The van der Waals surface area contributed by atoms with E-state index in [1.807, 2.05) is 20.8 Å². The van der Waals surface area contributed by atoms with E-state index >= 15 is 0 Å². The first kappa shape index (κ1) is 36.5. The van der Waals surface area contributed by atoms with Crippen molar-refractivity contribution in [2.75, 3.05) is 36.2 Å². The Morgan fingerprint density at radius 1 is 0.870 bits per heavy atom. The van der Waals surface area contributed by atoms with Crippen LogP contribution in [0.3, 0.4) is 0 Å². The molecule has 5 rings (SSSR count). The Kier molecular flexibility index (Phi) is 14.0. The molecular formula is C31H36N6O8S. The maximum atomic E-state index is 11.0. The summed E-state index contributed by atoms with van der Waals surface area (Å²) in [6, 6.07) is 18.8. The minimum atomic E-state index is -1.02. The predicted molar refractivity (Wildman–Crippen MR) is 176 cm³/mol. The number of hydrogen-bond donors (Lipinski definition) is 6. The monoisotopic (exact) mass is 652 g/mol. The molecule has 46 heavy (non-hydrogen) atoms. The second-order valence-corrected chi connectivity index (χ2v) is 11.0. The van der Waals surface area contributed by atoms with E-state index in [2.05, 4.69) is 19.6 Å². The summed E-state index contributed by atoms with van der Waals surface area (Å²) in [5, 5.41) is 23.7. The molecule has 0 spiro atoms. The maximum Gasteiger partial charge on any atom is 0.371 e. The number of furan rings is 2. The predicted octanol–water partition coefficient (Wildman–Crippen LogP) is 5.48. The summed E-state index contributed by atoms with van der Waals surface area (Å²) in [7, 11) is 1.47. The second kappa shape index (κ2) is 17.6. The summed E-state index contributed by atoms with van der Waals surface area (Å²) < 4.78 is 18.2. The fourth-order valence-electron chi connectivity index (χ4n) is 3.17. The topological polar surface area (TPSA) is 243 Å². The molecule has 1 amide bonds. The van der Waals surface area contributed by atoms with Crippen LogP contribution in [0, 0.1) is 0 Å². The molecule has 0 aliphatic rings. The first-order valence-electron chi connectivity index (χ1n) is 13.4. The first-order chi connectivity index (χ1) is 21.7. The van der Waals surface area contributed by atoms with Gasteiger partial charge >= 0.3 is 11.9 Å². The molecule has 0 aliphatic carbocycles. The fraction of sp³-hybridized carbons (Fsp3) is 0.194. The van der Waals surface area contributed by atoms with E-state index in [-0.39, 0.29) is 28.6 Å². The van der Waals surface area contributed by atoms with Gasteiger partial charge in [-0.25, -0.2) is 9.59 Å². The number of ether oxygens (including phenoxy) is 1. The van der Waals surface area contributed by atoms with Crippen molar-refractivity contribution >= 4 is 52.1 Å². The molecule has 0 radical (unpaired) electrons. The Bertz CT molecular complexity index is 1640. The number of methoxy groups -OCH3 is 1. The van der Waals surface area contributed by atoms with E-state index < -0.39 is 11.9 Å². The van der Waals surface area contributed by atoms with Crippen molar-refractivity contribution < 1.29 is 38.2 Å². The van der Waals surface area contributed by atoms with Gasteiger partial charge in [0, 0.05) is 40.8 Å². The van der Waals surface area contributed by atoms with Crippen LogP contribution in [0.1, 0.15) is 46.8 Å². The number of nitrogens with two attached hydrogens (primary N) is 3. The molecule has 244 valence electrons. The van der Waals surface area contributed by atoms with Crippen LogP contribution in [0.4, 0.5) is 22.7 Å². The van der Waals surface area contributed by atoms with E-state index in [4.69, 9.17) is 36.2 Å². The van der Waals surface area contributed by atoms with E-state index in [9.17, 15) is 14.4 Å². The third-order valence-electron chi connectivity index (χ3n) is 5.44. The highest BCUT2D eigenvalue weighted by Gasteiger charge is 2.20. The Morgan fingerprint density at radius 3 is 1.85 bits per heavy atom. The number of rotatable bonds is 6. The molecule has 0 fully saturated rings. The molecule has 0 unspecified atom stereocenters. The van der Waals surface area contributed by atoms with Gasteiger partial charge in [-0.1, -0.05) is 25.3 Å². The number of nitrogens with one attached hydrogen (secondary N) is 1. The molecule has 0 bridgehead atoms. The summed E-state index contributed by atoms with van der Waals surface area (Å²) in [5.41, 5.74) is 20.0. The van der Waals surface area contributed by atoms with E-state index in [0.717, 1.165) is 28.6 Å². The Morgan fingerprint density at radius 2 is 1.43 bits per heavy atom. The molecule has 5 aromatic rings. The Hall–Kier alpha value is -5.67. The van der Waals surface area contributed by atoms with Crippen LogP contribution in [0.5, 0.6) is 0 Å². The van der Waals surface area contributed by atoms with Gasteiger partial charge in [-0.3, -0.25) is 4.79 Å². The van der Waals surface area contributed by atoms with Gasteiger partial charge in [0.05, 0.1) is 12.5 Å². The third-order valence-corrected chi connectivity index (χ3v) is 6.15. The minimum absolute atomic E-state index is 0.0000694. The molecule has 2 aromatic carbocycles. The number of carbonyl (C=O) groups is 3. The fourth-order valence-corrected chi connectivity index (χ4v) is 3.69. The van der Waals surface area contributed by atoms with Crippen LogP contribution >= 0.6 is 11.5 Å². The average molecular weight is 653 g/mol. The normalized spacial score (nSPS) is 10.2. The van der Waals surface area contributed by atoms with Gasteiger partial charge in [0.15, 0.2) is 4.88 Å². The van der Waals surface area contributed by atoms with Crippen molar-refractivity contribution in [2.24, 2.45) is 0 Å². The average Bonchev–Trinajstić information content (AvgIpc) is 3.78. The number of aromatic nitrogens is 2. The lowest BCUT2D eigenvalue weighted by Gasteiger charge is -2.13. The summed E-state index contributed by atoms with van der Waals surface area (Å²) in [5.74, 6) is -1.52. The SMILES string of the molecule is CC(C)(C)c1ccc(C(=O)O)o1.COCC(=O)Nc1ccc(N)cc1.Nc1ccc(N)cc1.O=C(O)c1snnc1-c1ccoc1. The van der Waals surface area contributed by atoms with Crippen molar-refractivity contribution in [3.63, 3.8) is 0 Å². The number of carbonyl (C=O) groups excluding carboxylic acids is 1. The molecule has 3 heterocycles. The number of carboxylic acids is 2. The molecule has 0 aliphatic heterocycles. The maximum absolute atomic E-state index is 11.0. The number of carboxylic acid groups (broad SMARTS) is 2. The standard InChI is InChI=1S/C9H12N2O2.C9H12O3.C7H4N2O3S.C6H8N2/c1-13-6-9(12)11-8-4-2-7(10)3-5-8;1-9(2,3)7-5-4-6(12-7)8(10)11;10-7(11)6-5(8-9-13-6)4-1-2-12-3-4;7-5-1-2-6(8)4-3-5/h2-5H,6,10H2,1H3,(H,11,12);4-5H,1-3H3,(H,10,11);1-3H,(H,10,11);1-4H,7-8H2. The van der Waals surface area contributed by atoms with Crippen LogP contribution < -0.4 is 22.5 Å². The molecule has 14 nitrogen and oxygen atoms in total. The lowest BCUT2D eigenvalue weighted by molar-refractivity contribution is -0.119. The highest BCUT2D eigenvalue weighted by atomic mass is 32.1. The zero-order valence-corrected chi connectivity index (χ0v) is 26.4. The zero-order chi connectivity index (χ0) is 34.3. The number of aromatic carboxylic acids is 2. The van der Waals surface area contributed by atoms with Crippen molar-refractivity contribution in [1.82, 2.24) is 9.59 Å².